The van der Waals surface area contributed by atoms with E-state index in [1.54, 1.807) is 0 Å². The van der Waals surface area contributed by atoms with E-state index < -0.39 is 10.0 Å². The Morgan fingerprint density at radius 3 is 2.40 bits per heavy atom. The summed E-state index contributed by atoms with van der Waals surface area (Å²) in [7, 11) is -3.89. The summed E-state index contributed by atoms with van der Waals surface area (Å²) in [6.07, 6.45) is 0.533. The van der Waals surface area contributed by atoms with Crippen molar-refractivity contribution in [3.8, 4) is 5.75 Å². The zero-order chi connectivity index (χ0) is 18.6. The van der Waals surface area contributed by atoms with Gasteiger partial charge in [0.05, 0.1) is 0 Å². The second-order valence-corrected chi connectivity index (χ2v) is 7.88. The lowest BCUT2D eigenvalue weighted by molar-refractivity contribution is 0.458. The molecule has 25 heavy (non-hydrogen) atoms. The number of rotatable bonds is 7. The minimum atomic E-state index is -3.89. The van der Waals surface area contributed by atoms with E-state index in [9.17, 15) is 13.5 Å². The maximum absolute atomic E-state index is 12.4. The zero-order valence-corrected chi connectivity index (χ0v) is 15.1. The summed E-state index contributed by atoms with van der Waals surface area (Å²) in [6, 6.07) is 11.8. The van der Waals surface area contributed by atoms with Crippen LogP contribution in [0.3, 0.4) is 0 Å². The third-order valence-corrected chi connectivity index (χ3v) is 5.40. The number of nitrogens with one attached hydrogen (secondary N) is 2. The number of phenolic OH excluding ortho intramolecular Hbond substituents is 1. The zero-order valence-electron chi connectivity index (χ0n) is 14.3. The Kier molecular flexibility index (Phi) is 5.81. The first-order valence-corrected chi connectivity index (χ1v) is 9.45. The first kappa shape index (κ1) is 19.0. The monoisotopic (exact) mass is 361 g/mol. The van der Waals surface area contributed by atoms with Crippen molar-refractivity contribution in [3.05, 3.63) is 59.2 Å². The summed E-state index contributed by atoms with van der Waals surface area (Å²) < 4.78 is 27.2. The molecule has 2 aromatic rings. The van der Waals surface area contributed by atoms with Crippen molar-refractivity contribution in [2.45, 2.75) is 31.1 Å². The second kappa shape index (κ2) is 7.67. The van der Waals surface area contributed by atoms with E-state index in [1.165, 1.54) is 23.8 Å². The van der Waals surface area contributed by atoms with Gasteiger partial charge in [0.2, 0.25) is 10.0 Å². The predicted molar refractivity (Wildman–Crippen MR) is 98.5 cm³/mol. The van der Waals surface area contributed by atoms with Gasteiger partial charge in [-0.05, 0) is 41.7 Å². The molecule has 0 heterocycles. The molecule has 0 aliphatic carbocycles. The van der Waals surface area contributed by atoms with Gasteiger partial charge in [-0.25, -0.2) is 13.1 Å². The first-order valence-electron chi connectivity index (χ1n) is 7.96. The van der Waals surface area contributed by atoms with Crippen LogP contribution in [0.15, 0.2) is 47.4 Å². The molecule has 0 radical (unpaired) electrons. The highest BCUT2D eigenvalue weighted by Gasteiger charge is 2.19. The summed E-state index contributed by atoms with van der Waals surface area (Å²) in [5, 5.41) is 17.2. The van der Waals surface area contributed by atoms with Gasteiger partial charge in [0.15, 0.2) is 0 Å². The fourth-order valence-corrected chi connectivity index (χ4v) is 3.53. The minimum absolute atomic E-state index is 0.201. The molecule has 0 unspecified atom stereocenters. The number of nitrogens with two attached hydrogens (primary N) is 1. The highest BCUT2D eigenvalue weighted by Crippen LogP contribution is 2.23. The van der Waals surface area contributed by atoms with Crippen molar-refractivity contribution in [2.24, 2.45) is 5.73 Å². The number of sulfonamides is 1. The van der Waals surface area contributed by atoms with Crippen molar-refractivity contribution in [1.29, 1.82) is 5.41 Å². The van der Waals surface area contributed by atoms with Crippen LogP contribution in [-0.2, 0) is 16.4 Å². The van der Waals surface area contributed by atoms with E-state index in [4.69, 9.17) is 11.1 Å². The number of phenols is 1. The Hall–Kier alpha value is -2.38. The Bertz CT molecular complexity index is 860. The predicted octanol–water partition coefficient (Wildman–Crippen LogP) is 2.32. The van der Waals surface area contributed by atoms with Crippen LogP contribution in [0.1, 0.15) is 36.5 Å². The summed E-state index contributed by atoms with van der Waals surface area (Å²) in [4.78, 5) is -0.282. The number of amidine groups is 1. The average molecular weight is 361 g/mol. The number of nitrogen functional groups attached to an aromatic ring is 1. The highest BCUT2D eigenvalue weighted by atomic mass is 32.2. The van der Waals surface area contributed by atoms with Gasteiger partial charge in [0.25, 0.3) is 0 Å². The molecule has 0 saturated heterocycles. The Labute approximate surface area is 148 Å². The summed E-state index contributed by atoms with van der Waals surface area (Å²) in [5.74, 6) is -0.190. The van der Waals surface area contributed by atoms with Crippen molar-refractivity contribution >= 4 is 15.9 Å². The van der Waals surface area contributed by atoms with Crippen LogP contribution in [0.4, 0.5) is 0 Å². The Morgan fingerprint density at radius 2 is 1.84 bits per heavy atom. The van der Waals surface area contributed by atoms with E-state index in [0.29, 0.717) is 12.3 Å². The fraction of sp³-hybridized carbons (Fsp3) is 0.278. The van der Waals surface area contributed by atoms with Crippen LogP contribution in [0.5, 0.6) is 5.75 Å². The van der Waals surface area contributed by atoms with Gasteiger partial charge >= 0.3 is 0 Å². The summed E-state index contributed by atoms with van der Waals surface area (Å²) >= 11 is 0. The van der Waals surface area contributed by atoms with E-state index in [-0.39, 0.29) is 28.6 Å². The van der Waals surface area contributed by atoms with Crippen molar-refractivity contribution in [2.75, 3.05) is 6.54 Å². The van der Waals surface area contributed by atoms with Gasteiger partial charge in [-0.1, -0.05) is 38.1 Å². The molecule has 0 atom stereocenters. The molecule has 0 saturated carbocycles. The molecule has 7 heteroatoms. The van der Waals surface area contributed by atoms with Gasteiger partial charge in [-0.3, -0.25) is 5.41 Å². The molecule has 2 rings (SSSR count). The molecular formula is C18H23N3O3S. The number of benzene rings is 2. The summed E-state index contributed by atoms with van der Waals surface area (Å²) in [5.41, 5.74) is 7.86. The molecule has 0 aliphatic rings. The van der Waals surface area contributed by atoms with E-state index in [2.05, 4.69) is 18.6 Å². The topological polar surface area (TPSA) is 116 Å². The van der Waals surface area contributed by atoms with Gasteiger partial charge < -0.3 is 10.8 Å². The van der Waals surface area contributed by atoms with E-state index in [0.717, 1.165) is 5.56 Å². The lowest BCUT2D eigenvalue weighted by atomic mass is 10.0. The number of hydrogen-bond acceptors (Lipinski definition) is 4. The lowest BCUT2D eigenvalue weighted by Crippen LogP contribution is -2.26. The molecule has 0 aromatic heterocycles. The molecule has 134 valence electrons. The maximum atomic E-state index is 12.4. The lowest BCUT2D eigenvalue weighted by Gasteiger charge is -2.10. The van der Waals surface area contributed by atoms with Crippen LogP contribution in [-0.4, -0.2) is 25.9 Å². The molecule has 0 spiro atoms. The molecule has 0 aliphatic heterocycles. The normalized spacial score (nSPS) is 11.6. The molecule has 2 aromatic carbocycles. The largest absolute Gasteiger partial charge is 0.507 e. The van der Waals surface area contributed by atoms with Gasteiger partial charge in [0, 0.05) is 12.1 Å². The van der Waals surface area contributed by atoms with Gasteiger partial charge in [-0.15, -0.1) is 0 Å². The third kappa shape index (κ3) is 4.80. The summed E-state index contributed by atoms with van der Waals surface area (Å²) in [6.45, 7) is 4.43. The van der Waals surface area contributed by atoms with Crippen molar-refractivity contribution in [3.63, 3.8) is 0 Å². The maximum Gasteiger partial charge on any atom is 0.244 e. The van der Waals surface area contributed by atoms with Crippen LogP contribution < -0.4 is 10.5 Å². The molecular weight excluding hydrogens is 338 g/mol. The number of hydrogen-bond donors (Lipinski definition) is 4. The standard InChI is InChI=1S/C18H23N3O3S/c1-12(2)14-5-3-13(4-6-14)9-10-21-25(23,24)17-11-15(18(19)20)7-8-16(17)22/h3-8,11-12,21-22H,9-10H2,1-2H3,(H3,19,20). The minimum Gasteiger partial charge on any atom is -0.507 e. The number of aromatic hydroxyl groups is 1. The van der Waals surface area contributed by atoms with Crippen LogP contribution >= 0.6 is 0 Å². The average Bonchev–Trinajstić information content (AvgIpc) is 2.55. The van der Waals surface area contributed by atoms with E-state index in [1.807, 2.05) is 24.3 Å². The molecule has 0 bridgehead atoms. The molecule has 0 fully saturated rings. The Morgan fingerprint density at radius 1 is 1.20 bits per heavy atom. The quantitative estimate of drug-likeness (QED) is 0.447. The highest BCUT2D eigenvalue weighted by molar-refractivity contribution is 7.89. The van der Waals surface area contributed by atoms with Gasteiger partial charge in [0.1, 0.15) is 16.5 Å². The van der Waals surface area contributed by atoms with Crippen LogP contribution in [0, 0.1) is 5.41 Å². The third-order valence-electron chi connectivity index (χ3n) is 3.91. The fourth-order valence-electron chi connectivity index (χ4n) is 2.37. The Balaban J connectivity index is 2.07. The molecule has 6 nitrogen and oxygen atoms in total. The smallest absolute Gasteiger partial charge is 0.244 e. The molecule has 5 N–H and O–H groups in total. The van der Waals surface area contributed by atoms with Crippen molar-refractivity contribution in [1.82, 2.24) is 4.72 Å². The first-order chi connectivity index (χ1) is 11.7. The van der Waals surface area contributed by atoms with Crippen LogP contribution in [0.2, 0.25) is 0 Å². The van der Waals surface area contributed by atoms with Gasteiger partial charge in [-0.2, -0.15) is 0 Å². The SMILES string of the molecule is CC(C)c1ccc(CCNS(=O)(=O)c2cc(C(=N)N)ccc2O)cc1. The van der Waals surface area contributed by atoms with E-state index >= 15 is 0 Å². The molecule has 0 amide bonds. The van der Waals surface area contributed by atoms with Crippen LogP contribution in [0.25, 0.3) is 0 Å². The van der Waals surface area contributed by atoms with Crippen molar-refractivity contribution < 1.29 is 13.5 Å². The second-order valence-electron chi connectivity index (χ2n) is 6.14.